The fourth-order valence-electron chi connectivity index (χ4n) is 4.46. The Balaban J connectivity index is 1.24. The van der Waals surface area contributed by atoms with Crippen LogP contribution in [0.25, 0.3) is 5.69 Å². The molecule has 3 aromatic rings. The molecular formula is C26H32N4O2. The third kappa shape index (κ3) is 5.37. The van der Waals surface area contributed by atoms with Crippen LogP contribution in [0, 0.1) is 5.92 Å². The third-order valence-corrected chi connectivity index (χ3v) is 6.25. The molecule has 1 unspecified atom stereocenters. The van der Waals surface area contributed by atoms with Crippen LogP contribution in [0.15, 0.2) is 65.5 Å². The number of aromatic amines is 1. The van der Waals surface area contributed by atoms with Crippen molar-refractivity contribution >= 4 is 5.91 Å². The lowest BCUT2D eigenvalue weighted by Crippen LogP contribution is -2.33. The molecule has 0 saturated carbocycles. The van der Waals surface area contributed by atoms with Crippen molar-refractivity contribution < 1.29 is 4.79 Å². The molecule has 6 heteroatoms. The average molecular weight is 433 g/mol. The molecule has 2 N–H and O–H groups in total. The van der Waals surface area contributed by atoms with E-state index in [1.165, 1.54) is 5.56 Å². The number of H-pyrrole nitrogens is 1. The molecule has 6 nitrogen and oxygen atoms in total. The molecule has 0 saturated heterocycles. The summed E-state index contributed by atoms with van der Waals surface area (Å²) in [5.41, 5.74) is 3.95. The zero-order valence-corrected chi connectivity index (χ0v) is 18.7. The van der Waals surface area contributed by atoms with E-state index in [-0.39, 0.29) is 17.4 Å². The van der Waals surface area contributed by atoms with E-state index in [1.807, 2.05) is 36.4 Å². The highest BCUT2D eigenvalue weighted by molar-refractivity contribution is 5.78. The quantitative estimate of drug-likeness (QED) is 0.424. The van der Waals surface area contributed by atoms with Crippen molar-refractivity contribution in [3.63, 3.8) is 0 Å². The summed E-state index contributed by atoms with van der Waals surface area (Å²) >= 11 is 0. The number of hydrogen-bond donors (Lipinski definition) is 2. The van der Waals surface area contributed by atoms with E-state index in [0.29, 0.717) is 19.4 Å². The van der Waals surface area contributed by atoms with E-state index < -0.39 is 0 Å². The van der Waals surface area contributed by atoms with Gasteiger partial charge in [-0.1, -0.05) is 48.5 Å². The number of hydrogen-bond acceptors (Lipinski definition) is 3. The van der Waals surface area contributed by atoms with E-state index in [2.05, 4.69) is 46.6 Å². The van der Waals surface area contributed by atoms with E-state index in [9.17, 15) is 9.59 Å². The zero-order valence-electron chi connectivity index (χ0n) is 18.7. The van der Waals surface area contributed by atoms with Gasteiger partial charge in [0.05, 0.1) is 5.69 Å². The van der Waals surface area contributed by atoms with E-state index in [0.717, 1.165) is 49.3 Å². The lowest BCUT2D eigenvalue weighted by Gasteiger charge is -2.18. The highest BCUT2D eigenvalue weighted by Gasteiger charge is 2.25. The molecule has 0 bridgehead atoms. The lowest BCUT2D eigenvalue weighted by atomic mass is 9.99. The Morgan fingerprint density at radius 1 is 1.06 bits per heavy atom. The van der Waals surface area contributed by atoms with Crippen molar-refractivity contribution in [2.75, 3.05) is 20.1 Å². The third-order valence-electron chi connectivity index (χ3n) is 6.25. The number of para-hydroxylation sites is 1. The van der Waals surface area contributed by atoms with Gasteiger partial charge in [0.2, 0.25) is 5.91 Å². The largest absolute Gasteiger partial charge is 0.356 e. The number of nitrogens with one attached hydrogen (secondary N) is 2. The normalized spacial score (nSPS) is 15.9. The first-order chi connectivity index (χ1) is 15.6. The van der Waals surface area contributed by atoms with Gasteiger partial charge in [-0.05, 0) is 63.4 Å². The first kappa shape index (κ1) is 22.1. The lowest BCUT2D eigenvalue weighted by molar-refractivity contribution is -0.125. The Morgan fingerprint density at radius 2 is 1.75 bits per heavy atom. The number of carbonyl (C=O) groups excluding carboxylic acids is 1. The van der Waals surface area contributed by atoms with Gasteiger partial charge in [-0.3, -0.25) is 14.7 Å². The van der Waals surface area contributed by atoms with Crippen molar-refractivity contribution in [1.29, 1.82) is 0 Å². The van der Waals surface area contributed by atoms with Crippen molar-refractivity contribution in [2.24, 2.45) is 5.92 Å². The summed E-state index contributed by atoms with van der Waals surface area (Å²) in [7, 11) is 2.11. The molecule has 168 valence electrons. The van der Waals surface area contributed by atoms with Crippen molar-refractivity contribution in [3.05, 3.63) is 87.8 Å². The summed E-state index contributed by atoms with van der Waals surface area (Å²) in [6, 6.07) is 20.0. The fourth-order valence-corrected chi connectivity index (χ4v) is 4.46. The number of aromatic nitrogens is 2. The maximum Gasteiger partial charge on any atom is 0.274 e. The van der Waals surface area contributed by atoms with Crippen LogP contribution >= 0.6 is 0 Å². The zero-order chi connectivity index (χ0) is 22.3. The van der Waals surface area contributed by atoms with E-state index >= 15 is 0 Å². The van der Waals surface area contributed by atoms with Gasteiger partial charge in [-0.2, -0.15) is 0 Å². The van der Waals surface area contributed by atoms with Crippen LogP contribution in [0.5, 0.6) is 0 Å². The van der Waals surface area contributed by atoms with Gasteiger partial charge in [0.25, 0.3) is 5.56 Å². The molecule has 2 aromatic carbocycles. The number of benzene rings is 2. The van der Waals surface area contributed by atoms with Crippen LogP contribution in [-0.2, 0) is 24.2 Å². The van der Waals surface area contributed by atoms with Gasteiger partial charge in [-0.15, -0.1) is 0 Å². The molecule has 1 amide bonds. The summed E-state index contributed by atoms with van der Waals surface area (Å²) in [5.74, 6) is 0.0756. The number of aryl methyl sites for hydroxylation is 1. The number of carbonyl (C=O) groups is 1. The van der Waals surface area contributed by atoms with Crippen LogP contribution in [0.3, 0.4) is 0 Å². The first-order valence-electron chi connectivity index (χ1n) is 11.5. The Morgan fingerprint density at radius 3 is 2.50 bits per heavy atom. The smallest absolute Gasteiger partial charge is 0.274 e. The monoisotopic (exact) mass is 432 g/mol. The van der Waals surface area contributed by atoms with Gasteiger partial charge >= 0.3 is 0 Å². The predicted octanol–water partition coefficient (Wildman–Crippen LogP) is 3.30. The van der Waals surface area contributed by atoms with Crippen LogP contribution in [0.4, 0.5) is 0 Å². The van der Waals surface area contributed by atoms with Gasteiger partial charge in [0, 0.05) is 30.3 Å². The molecule has 32 heavy (non-hydrogen) atoms. The van der Waals surface area contributed by atoms with Gasteiger partial charge in [-0.25, -0.2) is 4.68 Å². The van der Waals surface area contributed by atoms with Crippen LogP contribution in [0.1, 0.15) is 36.1 Å². The number of rotatable bonds is 8. The number of fused-ring (bicyclic) bond motifs is 1. The maximum atomic E-state index is 12.9. The standard InChI is InChI=1S/C26H32N4O2/c1-29(19-20-9-4-2-5-10-20)18-8-17-27-25(31)21-13-15-23-24(16-14-21)28-30(26(23)32)22-11-6-3-7-12-22/h2-7,9-12,21,28H,8,13-19H2,1H3,(H,27,31). The van der Waals surface area contributed by atoms with Crippen LogP contribution in [-0.4, -0.2) is 40.7 Å². The van der Waals surface area contributed by atoms with Crippen LogP contribution < -0.4 is 10.9 Å². The second-order valence-corrected chi connectivity index (χ2v) is 8.69. The summed E-state index contributed by atoms with van der Waals surface area (Å²) in [5, 5.41) is 6.38. The molecule has 1 heterocycles. The van der Waals surface area contributed by atoms with Gasteiger partial charge in [0.1, 0.15) is 0 Å². The first-order valence-corrected chi connectivity index (χ1v) is 11.5. The number of amides is 1. The second-order valence-electron chi connectivity index (χ2n) is 8.69. The maximum absolute atomic E-state index is 12.9. The molecule has 0 spiro atoms. The molecule has 0 radical (unpaired) electrons. The molecule has 0 fully saturated rings. The molecule has 0 aliphatic heterocycles. The molecule has 1 aliphatic carbocycles. The summed E-state index contributed by atoms with van der Waals surface area (Å²) in [6.07, 6.45) is 3.77. The minimum absolute atomic E-state index is 0.00807. The average Bonchev–Trinajstić information content (AvgIpc) is 2.99. The Kier molecular flexibility index (Phi) is 7.22. The molecule has 1 atom stereocenters. The van der Waals surface area contributed by atoms with Crippen molar-refractivity contribution in [1.82, 2.24) is 20.0 Å². The van der Waals surface area contributed by atoms with Gasteiger partial charge < -0.3 is 10.2 Å². The van der Waals surface area contributed by atoms with Gasteiger partial charge in [0.15, 0.2) is 0 Å². The minimum Gasteiger partial charge on any atom is -0.356 e. The van der Waals surface area contributed by atoms with E-state index in [4.69, 9.17) is 0 Å². The van der Waals surface area contributed by atoms with Crippen molar-refractivity contribution in [3.8, 4) is 5.69 Å². The topological polar surface area (TPSA) is 70.1 Å². The second kappa shape index (κ2) is 10.5. The Labute approximate surface area is 189 Å². The van der Waals surface area contributed by atoms with Crippen molar-refractivity contribution in [2.45, 2.75) is 38.6 Å². The highest BCUT2D eigenvalue weighted by atomic mass is 16.2. The molecule has 1 aromatic heterocycles. The Hall–Kier alpha value is -3.12. The summed E-state index contributed by atoms with van der Waals surface area (Å²) in [6.45, 7) is 2.53. The molecular weight excluding hydrogens is 400 g/mol. The summed E-state index contributed by atoms with van der Waals surface area (Å²) < 4.78 is 1.62. The van der Waals surface area contributed by atoms with Crippen LogP contribution in [0.2, 0.25) is 0 Å². The SMILES string of the molecule is CN(CCCNC(=O)C1CCc2[nH]n(-c3ccccc3)c(=O)c2CC1)Cc1ccccc1. The molecule has 4 rings (SSSR count). The fraction of sp³-hybridized carbons (Fsp3) is 0.385. The predicted molar refractivity (Wildman–Crippen MR) is 127 cm³/mol. The minimum atomic E-state index is -0.0394. The molecule has 1 aliphatic rings. The van der Waals surface area contributed by atoms with E-state index in [1.54, 1.807) is 4.68 Å². The summed E-state index contributed by atoms with van der Waals surface area (Å²) in [4.78, 5) is 27.9. The highest BCUT2D eigenvalue weighted by Crippen LogP contribution is 2.22. The number of nitrogens with zero attached hydrogens (tertiary/aromatic N) is 2. The Bertz CT molecular complexity index is 1070.